The van der Waals surface area contributed by atoms with Gasteiger partial charge in [0.15, 0.2) is 17.3 Å². The number of fused-ring (bicyclic) bond motifs is 1. The second kappa shape index (κ2) is 11.2. The van der Waals surface area contributed by atoms with Crippen molar-refractivity contribution in [3.63, 3.8) is 0 Å². The van der Waals surface area contributed by atoms with Gasteiger partial charge in [0.25, 0.3) is 5.91 Å². The molecule has 2 heterocycles. The van der Waals surface area contributed by atoms with Crippen molar-refractivity contribution in [3.8, 4) is 17.2 Å². The van der Waals surface area contributed by atoms with Crippen LogP contribution in [0.3, 0.4) is 0 Å². The summed E-state index contributed by atoms with van der Waals surface area (Å²) in [5.41, 5.74) is 1.70. The molecule has 0 atom stereocenters. The summed E-state index contributed by atoms with van der Waals surface area (Å²) >= 11 is 0.742. The summed E-state index contributed by atoms with van der Waals surface area (Å²) in [6, 6.07) is 13.0. The van der Waals surface area contributed by atoms with E-state index in [-0.39, 0.29) is 21.0 Å². The minimum atomic E-state index is -3.60. The van der Waals surface area contributed by atoms with Crippen LogP contribution in [0.4, 0.5) is 0 Å². The lowest BCUT2D eigenvalue weighted by molar-refractivity contribution is -0.114. The molecular weight excluding hydrogens is 516 g/mol. The number of benzene rings is 2. The maximum Gasteiger partial charge on any atom is 0.283 e. The molecule has 10 nitrogen and oxygen atoms in total. The lowest BCUT2D eigenvalue weighted by atomic mass is 10.1. The first-order valence-corrected chi connectivity index (χ1v) is 14.2. The predicted molar refractivity (Wildman–Crippen MR) is 144 cm³/mol. The highest BCUT2D eigenvalue weighted by molar-refractivity contribution is 8.42. The van der Waals surface area contributed by atoms with Crippen LogP contribution in [-0.2, 0) is 14.6 Å². The minimum absolute atomic E-state index is 0.0211. The van der Waals surface area contributed by atoms with Crippen LogP contribution >= 0.6 is 11.8 Å². The van der Waals surface area contributed by atoms with Crippen LogP contribution in [0.25, 0.3) is 6.08 Å². The number of hydrogen-bond acceptors (Lipinski definition) is 9. The van der Waals surface area contributed by atoms with Crippen molar-refractivity contribution < 1.29 is 27.4 Å². The van der Waals surface area contributed by atoms with E-state index < -0.39 is 15.7 Å². The van der Waals surface area contributed by atoms with Crippen LogP contribution in [-0.4, -0.2) is 60.8 Å². The van der Waals surface area contributed by atoms with E-state index in [9.17, 15) is 13.2 Å². The minimum Gasteiger partial charge on any atom is -0.493 e. The van der Waals surface area contributed by atoms with E-state index >= 15 is 0 Å². The van der Waals surface area contributed by atoms with E-state index in [1.807, 2.05) is 38.1 Å². The highest BCUT2D eigenvalue weighted by Crippen LogP contribution is 2.32. The summed E-state index contributed by atoms with van der Waals surface area (Å²) in [6.45, 7) is 5.19. The largest absolute Gasteiger partial charge is 0.493 e. The summed E-state index contributed by atoms with van der Waals surface area (Å²) in [6.07, 6.45) is 3.17. The Balaban J connectivity index is 1.44. The van der Waals surface area contributed by atoms with E-state index in [0.717, 1.165) is 34.3 Å². The molecule has 0 saturated heterocycles. The van der Waals surface area contributed by atoms with E-state index in [2.05, 4.69) is 10.1 Å². The van der Waals surface area contributed by atoms with Gasteiger partial charge in [0.1, 0.15) is 5.75 Å². The first-order chi connectivity index (χ1) is 17.7. The molecule has 37 heavy (non-hydrogen) atoms. The van der Waals surface area contributed by atoms with Gasteiger partial charge < -0.3 is 14.2 Å². The number of amides is 1. The third kappa shape index (κ3) is 6.38. The van der Waals surface area contributed by atoms with Crippen molar-refractivity contribution in [2.24, 2.45) is 10.1 Å². The van der Waals surface area contributed by atoms with Gasteiger partial charge in [0.2, 0.25) is 19.4 Å². The lowest BCUT2D eigenvalue weighted by Gasteiger charge is -2.20. The number of hydrogen-bond donors (Lipinski definition) is 1. The average Bonchev–Trinajstić information content (AvgIpc) is 3.28. The number of rotatable bonds is 9. The molecule has 0 bridgehead atoms. The second-order valence-electron chi connectivity index (χ2n) is 8.16. The fourth-order valence-electron chi connectivity index (χ4n) is 3.43. The van der Waals surface area contributed by atoms with Gasteiger partial charge in [-0.25, -0.2) is 8.42 Å². The molecule has 194 valence electrons. The Bertz CT molecular complexity index is 1430. The molecule has 0 aliphatic carbocycles. The standard InChI is InChI=1S/C25H26N4O6S2/c1-4-33-21-15-17(9-10-20(21)35-12-6-11-34-18-8-5-7-16(2)13-18)14-19-22(26)29-24(27-23(19)30)36-25(28-29)37(3,31)32/h5,7-10,13-15,26H,4,6,11-12H2,1-3H3/b19-14+,26-22?. The molecule has 2 aromatic carbocycles. The summed E-state index contributed by atoms with van der Waals surface area (Å²) in [7, 11) is -3.60. The fraction of sp³-hybridized carbons (Fsp3) is 0.280. The van der Waals surface area contributed by atoms with E-state index in [1.165, 1.54) is 6.08 Å². The number of carbonyl (C=O) groups excluding carboxylic acids is 1. The molecule has 0 saturated carbocycles. The van der Waals surface area contributed by atoms with Crippen molar-refractivity contribution in [2.45, 2.75) is 20.3 Å². The number of amidine groups is 2. The summed E-state index contributed by atoms with van der Waals surface area (Å²) in [5.74, 6) is 0.943. The van der Waals surface area contributed by atoms with Gasteiger partial charge in [0, 0.05) is 12.7 Å². The van der Waals surface area contributed by atoms with Crippen LogP contribution in [0.15, 0.2) is 58.1 Å². The second-order valence-corrected chi connectivity index (χ2v) is 11.3. The molecule has 2 aromatic rings. The van der Waals surface area contributed by atoms with E-state index in [1.54, 1.807) is 18.2 Å². The van der Waals surface area contributed by atoms with Crippen molar-refractivity contribution in [3.05, 3.63) is 59.2 Å². The number of aliphatic imine (C=N–C) groups is 1. The molecule has 2 aliphatic heterocycles. The summed E-state index contributed by atoms with van der Waals surface area (Å²) in [5, 5.41) is 13.4. The Morgan fingerprint density at radius 1 is 1.08 bits per heavy atom. The predicted octanol–water partition coefficient (Wildman–Crippen LogP) is 3.86. The molecule has 0 radical (unpaired) electrons. The number of thioether (sulfide) groups is 1. The molecule has 0 aromatic heterocycles. The zero-order chi connectivity index (χ0) is 26.6. The number of ether oxygens (including phenoxy) is 3. The first-order valence-electron chi connectivity index (χ1n) is 11.4. The van der Waals surface area contributed by atoms with Crippen molar-refractivity contribution in [1.29, 1.82) is 5.41 Å². The maximum atomic E-state index is 12.6. The summed E-state index contributed by atoms with van der Waals surface area (Å²) < 4.78 is 40.8. The lowest BCUT2D eigenvalue weighted by Crippen LogP contribution is -2.35. The van der Waals surface area contributed by atoms with Crippen molar-refractivity contribution in [2.75, 3.05) is 26.1 Å². The highest BCUT2D eigenvalue weighted by atomic mass is 32.3. The molecular formula is C25H26N4O6S2. The maximum absolute atomic E-state index is 12.6. The summed E-state index contributed by atoms with van der Waals surface area (Å²) in [4.78, 5) is 16.5. The van der Waals surface area contributed by atoms with Gasteiger partial charge in [-0.2, -0.15) is 10.0 Å². The highest BCUT2D eigenvalue weighted by Gasteiger charge is 2.38. The molecule has 4 rings (SSSR count). The first kappa shape index (κ1) is 26.4. The molecule has 1 N–H and O–H groups in total. The monoisotopic (exact) mass is 542 g/mol. The Hall–Kier alpha value is -3.64. The third-order valence-electron chi connectivity index (χ3n) is 5.14. The third-order valence-corrected chi connectivity index (χ3v) is 7.71. The van der Waals surface area contributed by atoms with Crippen LogP contribution < -0.4 is 14.2 Å². The van der Waals surface area contributed by atoms with Gasteiger partial charge in [-0.05, 0) is 67.1 Å². The number of nitrogens with zero attached hydrogens (tertiary/aromatic N) is 3. The Kier molecular flexibility index (Phi) is 7.98. The molecule has 0 spiro atoms. The van der Waals surface area contributed by atoms with E-state index in [0.29, 0.717) is 43.3 Å². The fourth-order valence-corrected chi connectivity index (χ4v) is 5.11. The molecule has 12 heteroatoms. The molecule has 0 unspecified atom stereocenters. The number of nitrogens with one attached hydrogen (secondary N) is 1. The van der Waals surface area contributed by atoms with Gasteiger partial charge in [0.05, 0.1) is 25.4 Å². The van der Waals surface area contributed by atoms with Crippen molar-refractivity contribution >= 4 is 49.0 Å². The SMILES string of the molecule is CCOc1cc(/C=C2\C(=N)N3N=C(S(C)(=O)=O)SC3=NC2=O)ccc1OCCCOc1cccc(C)c1. The Morgan fingerprint density at radius 3 is 2.59 bits per heavy atom. The quantitative estimate of drug-likeness (QED) is 0.373. The van der Waals surface area contributed by atoms with Crippen LogP contribution in [0.2, 0.25) is 0 Å². The number of sulfone groups is 1. The molecule has 2 aliphatic rings. The van der Waals surface area contributed by atoms with Crippen molar-refractivity contribution in [1.82, 2.24) is 5.01 Å². The number of aryl methyl sites for hydroxylation is 1. The number of hydrazone groups is 1. The van der Waals surface area contributed by atoms with Gasteiger partial charge in [-0.1, -0.05) is 18.2 Å². The van der Waals surface area contributed by atoms with Gasteiger partial charge in [-0.15, -0.1) is 5.10 Å². The molecule has 1 amide bonds. The Labute approximate surface area is 219 Å². The van der Waals surface area contributed by atoms with Gasteiger partial charge >= 0.3 is 0 Å². The zero-order valence-electron chi connectivity index (χ0n) is 20.6. The normalized spacial score (nSPS) is 16.4. The van der Waals surface area contributed by atoms with Crippen LogP contribution in [0, 0.1) is 12.3 Å². The topological polar surface area (TPSA) is 131 Å². The van der Waals surface area contributed by atoms with Crippen LogP contribution in [0.1, 0.15) is 24.5 Å². The van der Waals surface area contributed by atoms with E-state index in [4.69, 9.17) is 19.6 Å². The zero-order valence-corrected chi connectivity index (χ0v) is 22.2. The average molecular weight is 543 g/mol. The molecule has 0 fully saturated rings. The van der Waals surface area contributed by atoms with Gasteiger partial charge in [-0.3, -0.25) is 10.2 Å². The number of carbonyl (C=O) groups is 1. The Morgan fingerprint density at radius 2 is 1.86 bits per heavy atom. The van der Waals surface area contributed by atoms with Crippen LogP contribution in [0.5, 0.6) is 17.2 Å². The smallest absolute Gasteiger partial charge is 0.283 e.